The first-order chi connectivity index (χ1) is 11.2. The Morgan fingerprint density at radius 1 is 1.33 bits per heavy atom. The molecular weight excluding hydrogens is 306 g/mol. The van der Waals surface area contributed by atoms with Crippen LogP contribution in [-0.2, 0) is 0 Å². The third-order valence-corrected chi connectivity index (χ3v) is 3.27. The van der Waals surface area contributed by atoms with E-state index in [1.807, 2.05) is 52.0 Å². The number of carbonyl (C=O) groups excluding carboxylic acids is 1. The van der Waals surface area contributed by atoms with Gasteiger partial charge in [0.05, 0.1) is 17.5 Å². The molecule has 1 amide bonds. The molecule has 7 nitrogen and oxygen atoms in total. The highest BCUT2D eigenvalue weighted by Crippen LogP contribution is 2.18. The molecule has 24 heavy (non-hydrogen) atoms. The Hall–Kier alpha value is -2.41. The van der Waals surface area contributed by atoms with Gasteiger partial charge < -0.3 is 15.8 Å². The van der Waals surface area contributed by atoms with Crippen molar-refractivity contribution in [3.63, 3.8) is 0 Å². The first-order valence-electron chi connectivity index (χ1n) is 7.94. The topological polar surface area (TPSA) is 95.1 Å². The summed E-state index contributed by atoms with van der Waals surface area (Å²) in [7, 11) is 0. The van der Waals surface area contributed by atoms with E-state index in [4.69, 9.17) is 10.5 Å². The number of rotatable bonds is 6. The molecule has 0 aliphatic rings. The van der Waals surface area contributed by atoms with E-state index in [1.54, 1.807) is 11.6 Å². The zero-order valence-electron chi connectivity index (χ0n) is 14.8. The number of nitrogens with one attached hydrogen (secondary N) is 1. The predicted octanol–water partition coefficient (Wildman–Crippen LogP) is 1.83. The molecule has 1 aromatic heterocycles. The molecule has 0 saturated heterocycles. The minimum atomic E-state index is -0.480. The molecule has 1 aromatic carbocycles. The smallest absolute Gasteiger partial charge is 0.273 e. The van der Waals surface area contributed by atoms with Gasteiger partial charge in [0.15, 0.2) is 5.69 Å². The van der Waals surface area contributed by atoms with Crippen LogP contribution in [0.4, 0.5) is 0 Å². The summed E-state index contributed by atoms with van der Waals surface area (Å²) >= 11 is 0. The van der Waals surface area contributed by atoms with Crippen molar-refractivity contribution in [1.29, 1.82) is 0 Å². The first-order valence-corrected chi connectivity index (χ1v) is 7.94. The summed E-state index contributed by atoms with van der Waals surface area (Å²) in [6.45, 7) is 9.81. The van der Waals surface area contributed by atoms with Crippen LogP contribution in [0.1, 0.15) is 43.9 Å². The standard InChI is InChI=1S/C17H25N5O2/c1-11(2)24-14-8-6-13(7-9-14)22-12(3)15(20-21-22)16(23)19-10-17(4,5)18/h6-9,11H,10,18H2,1-5H3,(H,19,23). The van der Waals surface area contributed by atoms with Gasteiger partial charge in [-0.05, 0) is 58.9 Å². The lowest BCUT2D eigenvalue weighted by molar-refractivity contribution is 0.0940. The van der Waals surface area contributed by atoms with Gasteiger partial charge in [-0.2, -0.15) is 0 Å². The minimum Gasteiger partial charge on any atom is -0.491 e. The van der Waals surface area contributed by atoms with E-state index in [0.717, 1.165) is 11.4 Å². The number of hydrogen-bond donors (Lipinski definition) is 2. The molecule has 130 valence electrons. The molecule has 3 N–H and O–H groups in total. The van der Waals surface area contributed by atoms with Gasteiger partial charge >= 0.3 is 0 Å². The number of amides is 1. The molecule has 7 heteroatoms. The van der Waals surface area contributed by atoms with E-state index >= 15 is 0 Å². The van der Waals surface area contributed by atoms with E-state index in [-0.39, 0.29) is 12.0 Å². The Bertz CT molecular complexity index is 699. The van der Waals surface area contributed by atoms with Crippen LogP contribution in [-0.4, -0.2) is 39.1 Å². The van der Waals surface area contributed by atoms with Crippen LogP contribution in [0.15, 0.2) is 24.3 Å². The third-order valence-electron chi connectivity index (χ3n) is 3.27. The fourth-order valence-electron chi connectivity index (χ4n) is 2.11. The number of nitrogens with two attached hydrogens (primary N) is 1. The Morgan fingerprint density at radius 2 is 1.96 bits per heavy atom. The van der Waals surface area contributed by atoms with Crippen LogP contribution in [0.25, 0.3) is 5.69 Å². The highest BCUT2D eigenvalue weighted by molar-refractivity contribution is 5.93. The van der Waals surface area contributed by atoms with Crippen LogP contribution in [0.5, 0.6) is 5.75 Å². The molecule has 0 radical (unpaired) electrons. The number of ether oxygens (including phenoxy) is 1. The second-order valence-corrected chi connectivity index (χ2v) is 6.77. The monoisotopic (exact) mass is 331 g/mol. The lowest BCUT2D eigenvalue weighted by atomic mass is 10.1. The van der Waals surface area contributed by atoms with Gasteiger partial charge in [0, 0.05) is 12.1 Å². The molecule has 0 saturated carbocycles. The van der Waals surface area contributed by atoms with Gasteiger partial charge in [0.25, 0.3) is 5.91 Å². The maximum Gasteiger partial charge on any atom is 0.273 e. The quantitative estimate of drug-likeness (QED) is 0.842. The molecule has 0 unspecified atom stereocenters. The summed E-state index contributed by atoms with van der Waals surface area (Å²) in [5, 5.41) is 10.8. The van der Waals surface area contributed by atoms with Gasteiger partial charge in [0.2, 0.25) is 0 Å². The van der Waals surface area contributed by atoms with Gasteiger partial charge in [0.1, 0.15) is 5.75 Å². The van der Waals surface area contributed by atoms with Crippen LogP contribution in [0.2, 0.25) is 0 Å². The predicted molar refractivity (Wildman–Crippen MR) is 92.5 cm³/mol. The molecule has 0 aliphatic carbocycles. The number of benzene rings is 1. The SMILES string of the molecule is Cc1c(C(=O)NCC(C)(C)N)nnn1-c1ccc(OC(C)C)cc1. The summed E-state index contributed by atoms with van der Waals surface area (Å²) < 4.78 is 7.25. The van der Waals surface area contributed by atoms with Crippen LogP contribution in [0, 0.1) is 6.92 Å². The summed E-state index contributed by atoms with van der Waals surface area (Å²) in [4.78, 5) is 12.2. The minimum absolute atomic E-state index is 0.117. The highest BCUT2D eigenvalue weighted by atomic mass is 16.5. The van der Waals surface area contributed by atoms with Gasteiger partial charge in [-0.1, -0.05) is 5.21 Å². The average Bonchev–Trinajstić information content (AvgIpc) is 2.86. The Labute approximate surface area is 142 Å². The number of hydrogen-bond acceptors (Lipinski definition) is 5. The molecular formula is C17H25N5O2. The van der Waals surface area contributed by atoms with Crippen molar-refractivity contribution in [2.75, 3.05) is 6.54 Å². The average molecular weight is 331 g/mol. The normalized spacial score (nSPS) is 11.6. The molecule has 0 atom stereocenters. The van der Waals surface area contributed by atoms with Crippen LogP contribution >= 0.6 is 0 Å². The Kier molecular flexibility index (Phi) is 5.23. The highest BCUT2D eigenvalue weighted by Gasteiger charge is 2.19. The van der Waals surface area contributed by atoms with Crippen LogP contribution < -0.4 is 15.8 Å². The fraction of sp³-hybridized carbons (Fsp3) is 0.471. The molecule has 0 spiro atoms. The lowest BCUT2D eigenvalue weighted by Gasteiger charge is -2.18. The summed E-state index contributed by atoms with van der Waals surface area (Å²) in [6.07, 6.45) is 0.117. The summed E-state index contributed by atoms with van der Waals surface area (Å²) in [5.41, 5.74) is 7.17. The second-order valence-electron chi connectivity index (χ2n) is 6.77. The van der Waals surface area contributed by atoms with Crippen molar-refractivity contribution in [2.24, 2.45) is 5.73 Å². The maximum atomic E-state index is 12.2. The number of nitrogens with zero attached hydrogens (tertiary/aromatic N) is 3. The largest absolute Gasteiger partial charge is 0.491 e. The zero-order chi connectivity index (χ0) is 17.9. The third kappa shape index (κ3) is 4.55. The lowest BCUT2D eigenvalue weighted by Crippen LogP contribution is -2.45. The maximum absolute atomic E-state index is 12.2. The molecule has 0 bridgehead atoms. The fourth-order valence-corrected chi connectivity index (χ4v) is 2.11. The van der Waals surface area contributed by atoms with Crippen molar-refractivity contribution in [2.45, 2.75) is 46.3 Å². The summed E-state index contributed by atoms with van der Waals surface area (Å²) in [5.74, 6) is 0.506. The molecule has 0 aliphatic heterocycles. The number of aromatic nitrogens is 3. The van der Waals surface area contributed by atoms with Gasteiger partial charge in [-0.15, -0.1) is 5.10 Å². The van der Waals surface area contributed by atoms with E-state index in [9.17, 15) is 4.79 Å². The molecule has 1 heterocycles. The Morgan fingerprint density at radius 3 is 2.50 bits per heavy atom. The number of carbonyl (C=O) groups is 1. The van der Waals surface area contributed by atoms with E-state index in [1.165, 1.54) is 0 Å². The first kappa shape index (κ1) is 17.9. The van der Waals surface area contributed by atoms with E-state index < -0.39 is 5.54 Å². The molecule has 2 rings (SSSR count). The van der Waals surface area contributed by atoms with Crippen molar-refractivity contribution >= 4 is 5.91 Å². The summed E-state index contributed by atoms with van der Waals surface area (Å²) in [6, 6.07) is 7.49. The van der Waals surface area contributed by atoms with Crippen molar-refractivity contribution in [3.05, 3.63) is 35.7 Å². The second kappa shape index (κ2) is 7.00. The molecule has 2 aromatic rings. The van der Waals surface area contributed by atoms with E-state index in [0.29, 0.717) is 17.9 Å². The van der Waals surface area contributed by atoms with Crippen molar-refractivity contribution < 1.29 is 9.53 Å². The molecule has 0 fully saturated rings. The Balaban J connectivity index is 2.16. The van der Waals surface area contributed by atoms with Gasteiger partial charge in [-0.25, -0.2) is 4.68 Å². The van der Waals surface area contributed by atoms with Crippen molar-refractivity contribution in [3.8, 4) is 11.4 Å². The van der Waals surface area contributed by atoms with Gasteiger partial charge in [-0.3, -0.25) is 4.79 Å². The zero-order valence-corrected chi connectivity index (χ0v) is 14.8. The van der Waals surface area contributed by atoms with Crippen molar-refractivity contribution in [1.82, 2.24) is 20.3 Å². The van der Waals surface area contributed by atoms with E-state index in [2.05, 4.69) is 15.6 Å². The van der Waals surface area contributed by atoms with Crippen LogP contribution in [0.3, 0.4) is 0 Å².